The number of halogens is 7. The number of amides is 2. The third-order valence-corrected chi connectivity index (χ3v) is 9.21. The first-order chi connectivity index (χ1) is 24.9. The van der Waals surface area contributed by atoms with Crippen molar-refractivity contribution in [1.29, 1.82) is 0 Å². The maximum atomic E-state index is 15.7. The monoisotopic (exact) mass is 735 g/mol. The minimum Gasteiger partial charge on any atom is -0.378 e. The molecule has 4 aromatic rings. The van der Waals surface area contributed by atoms with Gasteiger partial charge in [-0.3, -0.25) is 14.3 Å². The van der Waals surface area contributed by atoms with Gasteiger partial charge in [0, 0.05) is 35.7 Å². The number of aromatic nitrogens is 3. The molecule has 2 aliphatic carbocycles. The third kappa shape index (κ3) is 6.73. The SMILES string of the molecule is CC(C)(O)C#Cc1ccc(-c2cccc3c2CNC3=O)c([C@H](Cc2cc(F)cc(F)c2)NC(=O)Cn2nc(C(F)(F)F)c3c2C(F)(F)[C@@H]2CC#C[C@H]32)n1. The zero-order valence-electron chi connectivity index (χ0n) is 27.9. The average Bonchev–Trinajstić information content (AvgIpc) is 3.83. The van der Waals surface area contributed by atoms with Gasteiger partial charge in [0.25, 0.3) is 11.8 Å². The molecule has 0 spiro atoms. The van der Waals surface area contributed by atoms with E-state index in [1.54, 1.807) is 24.3 Å². The first kappa shape index (κ1) is 35.7. The van der Waals surface area contributed by atoms with Gasteiger partial charge in [0.2, 0.25) is 5.91 Å². The van der Waals surface area contributed by atoms with Crippen molar-refractivity contribution in [2.75, 3.05) is 0 Å². The molecule has 2 aromatic carbocycles. The predicted molar refractivity (Wildman–Crippen MR) is 175 cm³/mol. The van der Waals surface area contributed by atoms with Gasteiger partial charge >= 0.3 is 6.18 Å². The van der Waals surface area contributed by atoms with E-state index in [1.165, 1.54) is 19.9 Å². The van der Waals surface area contributed by atoms with Gasteiger partial charge in [-0.2, -0.15) is 27.1 Å². The quantitative estimate of drug-likeness (QED) is 0.161. The van der Waals surface area contributed by atoms with Gasteiger partial charge in [-0.15, -0.1) is 5.92 Å². The minimum atomic E-state index is -5.12. The van der Waals surface area contributed by atoms with Crippen molar-refractivity contribution in [1.82, 2.24) is 25.4 Å². The number of benzene rings is 2. The van der Waals surface area contributed by atoms with E-state index in [1.807, 2.05) is 0 Å². The molecular formula is C38H28F7N5O3. The van der Waals surface area contributed by atoms with Gasteiger partial charge in [0.1, 0.15) is 35.2 Å². The first-order valence-electron chi connectivity index (χ1n) is 16.4. The highest BCUT2D eigenvalue weighted by molar-refractivity contribution is 6.00. The van der Waals surface area contributed by atoms with Crippen LogP contribution in [0, 0.1) is 41.2 Å². The third-order valence-electron chi connectivity index (χ3n) is 9.21. The Labute approximate surface area is 297 Å². The van der Waals surface area contributed by atoms with Crippen LogP contribution in [0.4, 0.5) is 30.7 Å². The summed E-state index contributed by atoms with van der Waals surface area (Å²) in [7, 11) is 0. The summed E-state index contributed by atoms with van der Waals surface area (Å²) in [5, 5.41) is 19.0. The minimum absolute atomic E-state index is 0.0425. The molecule has 0 saturated carbocycles. The molecule has 3 N–H and O–H groups in total. The Bertz CT molecular complexity index is 2300. The lowest BCUT2D eigenvalue weighted by atomic mass is 9.91. The summed E-state index contributed by atoms with van der Waals surface area (Å²) in [6.45, 7) is 1.94. The number of fused-ring (bicyclic) bond motifs is 4. The van der Waals surface area contributed by atoms with E-state index in [0.29, 0.717) is 33.0 Å². The molecule has 0 bridgehead atoms. The van der Waals surface area contributed by atoms with Gasteiger partial charge in [-0.25, -0.2) is 13.8 Å². The van der Waals surface area contributed by atoms with Crippen molar-refractivity contribution in [3.63, 3.8) is 0 Å². The second kappa shape index (κ2) is 12.8. The fourth-order valence-corrected chi connectivity index (χ4v) is 7.05. The number of carbonyl (C=O) groups excluding carboxylic acids is 2. The van der Waals surface area contributed by atoms with Crippen molar-refractivity contribution < 1.29 is 45.4 Å². The van der Waals surface area contributed by atoms with Crippen LogP contribution in [0.1, 0.15) is 82.1 Å². The van der Waals surface area contributed by atoms with Crippen LogP contribution >= 0.6 is 0 Å². The number of alkyl halides is 5. The van der Waals surface area contributed by atoms with E-state index in [4.69, 9.17) is 0 Å². The van der Waals surface area contributed by atoms with E-state index in [9.17, 15) is 36.6 Å². The summed E-state index contributed by atoms with van der Waals surface area (Å²) in [5.41, 5.74) is -2.79. The Morgan fingerprint density at radius 3 is 2.53 bits per heavy atom. The number of hydrogen-bond donors (Lipinski definition) is 3. The molecule has 3 atom stereocenters. The Kier molecular flexibility index (Phi) is 8.61. The summed E-state index contributed by atoms with van der Waals surface area (Å²) >= 11 is 0. The Balaban J connectivity index is 1.34. The molecule has 7 rings (SSSR count). The topological polar surface area (TPSA) is 109 Å². The van der Waals surface area contributed by atoms with E-state index in [0.717, 1.165) is 12.1 Å². The number of nitrogens with zero attached hydrogens (tertiary/aromatic N) is 3. The standard InChI is InChI=1S/C38H28F7N5O3/c1-36(2,53)12-11-22-9-10-24(23-5-3-6-25-27(23)17-46-35(25)52)32(47-22)29(15-19-13-20(39)16-21(40)14-19)48-30(51)18-50-34-31(33(49-50)38(43,44)45)26-7-4-8-28(26)37(34,41)42/h3,5-6,9-10,13-14,16,26,28-29,53H,8,15,17-18H2,1-2H3,(H,46,52)(H,48,51)/t26-,28+,29-/m0/s1. The summed E-state index contributed by atoms with van der Waals surface area (Å²) < 4.78 is 103. The van der Waals surface area contributed by atoms with E-state index >= 15 is 8.78 Å². The number of aliphatic hydroxyl groups is 1. The van der Waals surface area contributed by atoms with Crippen molar-refractivity contribution >= 4 is 11.8 Å². The highest BCUT2D eigenvalue weighted by atomic mass is 19.4. The van der Waals surface area contributed by atoms with Gasteiger partial charge in [0.05, 0.1) is 23.6 Å². The lowest BCUT2D eigenvalue weighted by Gasteiger charge is -2.24. The number of hydrogen-bond acceptors (Lipinski definition) is 5. The van der Waals surface area contributed by atoms with Crippen LogP contribution in [-0.2, 0) is 36.4 Å². The highest BCUT2D eigenvalue weighted by Crippen LogP contribution is 2.58. The normalized spacial score (nSPS) is 18.6. The van der Waals surface area contributed by atoms with E-state index < -0.39 is 76.6 Å². The molecular weight excluding hydrogens is 707 g/mol. The number of carbonyl (C=O) groups is 2. The van der Waals surface area contributed by atoms with Gasteiger partial charge < -0.3 is 15.7 Å². The number of nitrogens with one attached hydrogen (secondary N) is 2. The van der Waals surface area contributed by atoms with Crippen molar-refractivity contribution in [3.8, 4) is 34.8 Å². The van der Waals surface area contributed by atoms with Crippen LogP contribution in [0.5, 0.6) is 0 Å². The molecule has 3 aliphatic rings. The number of rotatable bonds is 7. The fraction of sp³-hybridized carbons (Fsp3) is 0.316. The lowest BCUT2D eigenvalue weighted by Crippen LogP contribution is -2.35. The average molecular weight is 736 g/mol. The lowest BCUT2D eigenvalue weighted by molar-refractivity contribution is -0.142. The highest BCUT2D eigenvalue weighted by Gasteiger charge is 2.61. The Morgan fingerprint density at radius 1 is 1.11 bits per heavy atom. The molecule has 53 heavy (non-hydrogen) atoms. The predicted octanol–water partition coefficient (Wildman–Crippen LogP) is 5.92. The summed E-state index contributed by atoms with van der Waals surface area (Å²) in [4.78, 5) is 31.0. The van der Waals surface area contributed by atoms with Crippen LogP contribution in [0.25, 0.3) is 11.1 Å². The first-order valence-corrected chi connectivity index (χ1v) is 16.4. The zero-order valence-corrected chi connectivity index (χ0v) is 27.9. The second-order valence-electron chi connectivity index (χ2n) is 13.6. The molecule has 0 radical (unpaired) electrons. The van der Waals surface area contributed by atoms with E-state index in [-0.39, 0.29) is 42.2 Å². The summed E-state index contributed by atoms with van der Waals surface area (Å²) in [5.74, 6) is 0.234. The van der Waals surface area contributed by atoms with Crippen molar-refractivity contribution in [2.24, 2.45) is 5.92 Å². The maximum absolute atomic E-state index is 15.7. The molecule has 0 unspecified atom stereocenters. The summed E-state index contributed by atoms with van der Waals surface area (Å²) in [6, 6.07) is 9.40. The molecule has 2 amide bonds. The molecule has 8 nitrogen and oxygen atoms in total. The summed E-state index contributed by atoms with van der Waals surface area (Å²) in [6.07, 6.45) is -5.80. The van der Waals surface area contributed by atoms with Crippen LogP contribution in [0.3, 0.4) is 0 Å². The van der Waals surface area contributed by atoms with Crippen LogP contribution in [0.15, 0.2) is 48.5 Å². The molecule has 3 heterocycles. The van der Waals surface area contributed by atoms with Crippen LogP contribution in [-0.4, -0.2) is 37.3 Å². The van der Waals surface area contributed by atoms with Gasteiger partial charge in [-0.1, -0.05) is 24.0 Å². The van der Waals surface area contributed by atoms with Gasteiger partial charge in [-0.05, 0) is 73.2 Å². The maximum Gasteiger partial charge on any atom is 0.435 e. The Morgan fingerprint density at radius 2 is 1.83 bits per heavy atom. The molecule has 272 valence electrons. The van der Waals surface area contributed by atoms with Crippen molar-refractivity contribution in [2.45, 2.75) is 69.4 Å². The smallest absolute Gasteiger partial charge is 0.378 e. The van der Waals surface area contributed by atoms with Crippen LogP contribution in [0.2, 0.25) is 0 Å². The fourth-order valence-electron chi connectivity index (χ4n) is 7.05. The molecule has 2 aromatic heterocycles. The van der Waals surface area contributed by atoms with Gasteiger partial charge in [0.15, 0.2) is 5.69 Å². The molecule has 15 heteroatoms. The Hall–Kier alpha value is -5.67. The molecule has 0 fully saturated rings. The zero-order chi connectivity index (χ0) is 38.0. The second-order valence-corrected chi connectivity index (χ2v) is 13.6. The molecule has 1 aliphatic heterocycles. The number of pyridine rings is 1. The van der Waals surface area contributed by atoms with Crippen molar-refractivity contribution in [3.05, 3.63) is 105 Å². The van der Waals surface area contributed by atoms with E-state index in [2.05, 4.69) is 44.4 Å². The molecule has 0 saturated heterocycles. The van der Waals surface area contributed by atoms with Crippen LogP contribution < -0.4 is 10.6 Å². The largest absolute Gasteiger partial charge is 0.435 e.